The minimum absolute atomic E-state index is 0.0145. The van der Waals surface area contributed by atoms with Gasteiger partial charge in [-0.3, -0.25) is 0 Å². The molecule has 8 atom stereocenters. The molecule has 0 rings (SSSR count). The summed E-state index contributed by atoms with van der Waals surface area (Å²) in [5.74, 6) is 0.0290. The first-order valence-electron chi connectivity index (χ1n) is 11.0. The van der Waals surface area contributed by atoms with E-state index in [4.69, 9.17) is 32.0 Å². The highest BCUT2D eigenvalue weighted by Gasteiger charge is 2.43. The fourth-order valence-electron chi connectivity index (χ4n) is 3.80. The maximum absolute atomic E-state index is 12.9. The molecule has 0 amide bonds. The molecule has 0 fully saturated rings. The van der Waals surface area contributed by atoms with E-state index >= 15 is 0 Å². The molecular weight excluding hydrogens is 375 g/mol. The number of nitrogens with two attached hydrogens (primary N) is 4. The van der Waals surface area contributed by atoms with E-state index in [9.17, 15) is 4.57 Å². The first-order chi connectivity index (χ1) is 13.2. The fraction of sp³-hybridized carbons (Fsp3) is 1.00. The second kappa shape index (κ2) is 14.8. The third-order valence-corrected chi connectivity index (χ3v) is 6.86. The summed E-state index contributed by atoms with van der Waals surface area (Å²) < 4.78 is 24.7. The summed E-state index contributed by atoms with van der Waals surface area (Å²) in [6.45, 7) is 12.1. The van der Waals surface area contributed by atoms with Gasteiger partial charge in [0.05, 0.1) is 0 Å². The predicted molar refractivity (Wildman–Crippen MR) is 118 cm³/mol. The molecule has 0 heterocycles. The van der Waals surface area contributed by atoms with Crippen molar-refractivity contribution in [3.8, 4) is 0 Å². The molecule has 7 nitrogen and oxygen atoms in total. The molecule has 0 aliphatic carbocycles. The lowest BCUT2D eigenvalue weighted by molar-refractivity contribution is 0.0369. The summed E-state index contributed by atoms with van der Waals surface area (Å²) >= 11 is 0. The molecular formula is C20H46N4O3P+. The second-order valence-corrected chi connectivity index (χ2v) is 8.67. The standard InChI is InChI=1S/C20H46N4O3P/c1-7-13(15(21)9-3)19(17(23)11-5)26-28(25)27-20(18(24)12-6)14(8-2)16(22)10-4/h13-20H,7-12,21-24H2,1-6H3/q+1. The normalized spacial score (nSPS) is 21.3. The predicted octanol–water partition coefficient (Wildman–Crippen LogP) is 3.42. The molecule has 0 aromatic heterocycles. The van der Waals surface area contributed by atoms with Gasteiger partial charge in [0.2, 0.25) is 0 Å². The second-order valence-electron chi connectivity index (χ2n) is 7.80. The van der Waals surface area contributed by atoms with E-state index in [2.05, 4.69) is 13.8 Å². The molecule has 0 saturated carbocycles. The van der Waals surface area contributed by atoms with Crippen LogP contribution in [-0.4, -0.2) is 36.4 Å². The monoisotopic (exact) mass is 421 g/mol. The van der Waals surface area contributed by atoms with Gasteiger partial charge in [-0.25, -0.2) is 0 Å². The highest BCUT2D eigenvalue weighted by molar-refractivity contribution is 7.33. The average Bonchev–Trinajstić information content (AvgIpc) is 2.71. The molecule has 0 spiro atoms. The highest BCUT2D eigenvalue weighted by Crippen LogP contribution is 2.37. The lowest BCUT2D eigenvalue weighted by Gasteiger charge is -2.31. The summed E-state index contributed by atoms with van der Waals surface area (Å²) in [7, 11) is -2.39. The Morgan fingerprint density at radius 3 is 1.07 bits per heavy atom. The minimum Gasteiger partial charge on any atom is -0.327 e. The summed E-state index contributed by atoms with van der Waals surface area (Å²) in [5.41, 5.74) is 25.2. The van der Waals surface area contributed by atoms with Crippen molar-refractivity contribution in [1.29, 1.82) is 0 Å². The maximum atomic E-state index is 12.9. The molecule has 168 valence electrons. The smallest absolute Gasteiger partial charge is 0.327 e. The third-order valence-electron chi connectivity index (χ3n) is 6.03. The van der Waals surface area contributed by atoms with Crippen LogP contribution in [0.25, 0.3) is 0 Å². The van der Waals surface area contributed by atoms with E-state index < -0.39 is 20.5 Å². The quantitative estimate of drug-likeness (QED) is 0.280. The lowest BCUT2D eigenvalue weighted by Crippen LogP contribution is -2.48. The van der Waals surface area contributed by atoms with Crippen molar-refractivity contribution < 1.29 is 13.6 Å². The van der Waals surface area contributed by atoms with Crippen molar-refractivity contribution in [2.75, 3.05) is 0 Å². The zero-order valence-corrected chi connectivity index (χ0v) is 19.7. The van der Waals surface area contributed by atoms with Gasteiger partial charge in [0.25, 0.3) is 0 Å². The molecule has 8 unspecified atom stereocenters. The Bertz CT molecular complexity index is 394. The van der Waals surface area contributed by atoms with Crippen LogP contribution in [0.15, 0.2) is 0 Å². The molecule has 0 bridgehead atoms. The van der Waals surface area contributed by atoms with Crippen molar-refractivity contribution >= 4 is 8.25 Å². The highest BCUT2D eigenvalue weighted by atomic mass is 31.1. The molecule has 8 heteroatoms. The minimum atomic E-state index is -2.39. The zero-order valence-electron chi connectivity index (χ0n) is 18.8. The van der Waals surface area contributed by atoms with E-state index in [1.54, 1.807) is 0 Å². The number of hydrogen-bond donors (Lipinski definition) is 4. The molecule has 0 radical (unpaired) electrons. The van der Waals surface area contributed by atoms with Crippen LogP contribution in [0, 0.1) is 11.8 Å². The van der Waals surface area contributed by atoms with Crippen LogP contribution in [0.3, 0.4) is 0 Å². The van der Waals surface area contributed by atoms with Gasteiger partial charge in [-0.15, -0.1) is 9.05 Å². The Hall–Kier alpha value is -0.140. The Labute approximate surface area is 173 Å². The molecule has 0 saturated heterocycles. The van der Waals surface area contributed by atoms with Gasteiger partial charge >= 0.3 is 8.25 Å². The van der Waals surface area contributed by atoms with Crippen molar-refractivity contribution in [1.82, 2.24) is 0 Å². The van der Waals surface area contributed by atoms with Gasteiger partial charge in [-0.05, 0) is 38.5 Å². The van der Waals surface area contributed by atoms with Crippen LogP contribution >= 0.6 is 8.25 Å². The first kappa shape index (κ1) is 27.9. The van der Waals surface area contributed by atoms with Crippen LogP contribution in [0.4, 0.5) is 0 Å². The van der Waals surface area contributed by atoms with E-state index in [-0.39, 0.29) is 36.0 Å². The topological polar surface area (TPSA) is 140 Å². The van der Waals surface area contributed by atoms with Gasteiger partial charge in [0.1, 0.15) is 12.2 Å². The van der Waals surface area contributed by atoms with Crippen molar-refractivity contribution in [2.45, 2.75) is 116 Å². The summed E-state index contributed by atoms with van der Waals surface area (Å²) in [4.78, 5) is 0. The number of hydrogen-bond acceptors (Lipinski definition) is 7. The Kier molecular flexibility index (Phi) is 14.7. The van der Waals surface area contributed by atoms with Gasteiger partial charge in [-0.2, -0.15) is 0 Å². The van der Waals surface area contributed by atoms with Gasteiger partial charge in [0, 0.05) is 40.6 Å². The van der Waals surface area contributed by atoms with E-state index in [1.165, 1.54) is 0 Å². The molecule has 8 N–H and O–H groups in total. The lowest BCUT2D eigenvalue weighted by atomic mass is 9.86. The summed E-state index contributed by atoms with van der Waals surface area (Å²) in [5, 5.41) is 0. The van der Waals surface area contributed by atoms with Crippen molar-refractivity contribution in [2.24, 2.45) is 34.8 Å². The van der Waals surface area contributed by atoms with Crippen LogP contribution in [0.2, 0.25) is 0 Å². The van der Waals surface area contributed by atoms with E-state index in [0.29, 0.717) is 12.8 Å². The Morgan fingerprint density at radius 1 is 0.571 bits per heavy atom. The zero-order chi connectivity index (χ0) is 21.9. The number of rotatable bonds is 16. The van der Waals surface area contributed by atoms with E-state index in [0.717, 1.165) is 25.7 Å². The average molecular weight is 422 g/mol. The Balaban J connectivity index is 5.45. The van der Waals surface area contributed by atoms with Gasteiger partial charge in [0.15, 0.2) is 0 Å². The fourth-order valence-corrected chi connectivity index (χ4v) is 4.87. The third kappa shape index (κ3) is 8.31. The summed E-state index contributed by atoms with van der Waals surface area (Å²) in [6, 6.07) is -0.658. The van der Waals surface area contributed by atoms with Gasteiger partial charge < -0.3 is 22.9 Å². The first-order valence-corrected chi connectivity index (χ1v) is 12.1. The molecule has 0 aliphatic heterocycles. The van der Waals surface area contributed by atoms with Crippen molar-refractivity contribution in [3.63, 3.8) is 0 Å². The van der Waals surface area contributed by atoms with Gasteiger partial charge in [-0.1, -0.05) is 41.5 Å². The van der Waals surface area contributed by atoms with Crippen molar-refractivity contribution in [3.05, 3.63) is 0 Å². The molecule has 0 aliphatic rings. The summed E-state index contributed by atoms with van der Waals surface area (Å²) in [6.07, 6.45) is 3.77. The van der Waals surface area contributed by atoms with Crippen LogP contribution in [0.5, 0.6) is 0 Å². The Morgan fingerprint density at radius 2 is 0.857 bits per heavy atom. The van der Waals surface area contributed by atoms with Crippen LogP contribution in [0.1, 0.15) is 80.1 Å². The van der Waals surface area contributed by atoms with Crippen LogP contribution < -0.4 is 22.9 Å². The molecule has 0 aromatic rings. The SMILES string of the molecule is CCC(N)C(CC)C(O[P+](=O)OC(C(N)CC)C(CC)C(N)CC)C(N)CC. The molecule has 28 heavy (non-hydrogen) atoms. The molecule has 0 aromatic carbocycles. The maximum Gasteiger partial charge on any atom is 0.698 e. The van der Waals surface area contributed by atoms with E-state index in [1.807, 2.05) is 27.7 Å². The largest absolute Gasteiger partial charge is 0.698 e. The van der Waals surface area contributed by atoms with Crippen LogP contribution in [-0.2, 0) is 13.6 Å².